The molecule has 0 atom stereocenters. The standard InChI is InChI=1S/C27H24N2O5/c30-24(31)15-27(13-14-27)29-25(32)21-11-5-6-12-23(21)28-26(33)34-16-22-19-9-3-1-7-17(19)18-8-2-4-10-20(18)22/h1-12,22H,13-16H2,(H,28,33)(H,29,32)(H,30,31). The molecule has 7 heteroatoms. The Morgan fingerprint density at radius 2 is 1.47 bits per heavy atom. The summed E-state index contributed by atoms with van der Waals surface area (Å²) in [5.41, 5.74) is 4.37. The molecule has 3 N–H and O–H groups in total. The van der Waals surface area contributed by atoms with Crippen molar-refractivity contribution in [2.24, 2.45) is 0 Å². The van der Waals surface area contributed by atoms with Crippen LogP contribution in [0, 0.1) is 0 Å². The van der Waals surface area contributed by atoms with Gasteiger partial charge in [-0.25, -0.2) is 4.79 Å². The van der Waals surface area contributed by atoms with Gasteiger partial charge in [0.1, 0.15) is 6.61 Å². The topological polar surface area (TPSA) is 105 Å². The van der Waals surface area contributed by atoms with Crippen LogP contribution < -0.4 is 10.6 Å². The Bertz CT molecular complexity index is 1240. The molecular formula is C27H24N2O5. The van der Waals surface area contributed by atoms with Crippen LogP contribution in [-0.4, -0.2) is 35.2 Å². The van der Waals surface area contributed by atoms with Crippen molar-refractivity contribution in [2.75, 3.05) is 11.9 Å². The number of rotatable bonds is 7. The van der Waals surface area contributed by atoms with Crippen molar-refractivity contribution in [1.82, 2.24) is 5.32 Å². The lowest BCUT2D eigenvalue weighted by atomic mass is 9.98. The van der Waals surface area contributed by atoms with Crippen LogP contribution in [0.2, 0.25) is 0 Å². The van der Waals surface area contributed by atoms with E-state index >= 15 is 0 Å². The summed E-state index contributed by atoms with van der Waals surface area (Å²) in [6.45, 7) is 0.163. The zero-order chi connectivity index (χ0) is 23.7. The van der Waals surface area contributed by atoms with Gasteiger partial charge >= 0.3 is 12.1 Å². The van der Waals surface area contributed by atoms with Gasteiger partial charge < -0.3 is 15.2 Å². The van der Waals surface area contributed by atoms with E-state index < -0.39 is 23.5 Å². The summed E-state index contributed by atoms with van der Waals surface area (Å²) in [4.78, 5) is 36.6. The Kier molecular flexibility index (Phi) is 5.53. The Morgan fingerprint density at radius 1 is 0.882 bits per heavy atom. The molecule has 34 heavy (non-hydrogen) atoms. The van der Waals surface area contributed by atoms with Gasteiger partial charge in [-0.05, 0) is 47.2 Å². The fraction of sp³-hybridized carbons (Fsp3) is 0.222. The number of amides is 2. The lowest BCUT2D eigenvalue weighted by Gasteiger charge is -2.18. The molecule has 1 fully saturated rings. The van der Waals surface area contributed by atoms with Crippen LogP contribution in [0.15, 0.2) is 72.8 Å². The largest absolute Gasteiger partial charge is 0.481 e. The van der Waals surface area contributed by atoms with Crippen LogP contribution in [-0.2, 0) is 9.53 Å². The van der Waals surface area contributed by atoms with Crippen LogP contribution in [0.3, 0.4) is 0 Å². The van der Waals surface area contributed by atoms with Crippen LogP contribution in [0.1, 0.15) is 46.7 Å². The van der Waals surface area contributed by atoms with Crippen molar-refractivity contribution in [3.8, 4) is 11.1 Å². The molecule has 2 amide bonds. The quantitative estimate of drug-likeness (QED) is 0.474. The Labute approximate surface area is 196 Å². The smallest absolute Gasteiger partial charge is 0.411 e. The van der Waals surface area contributed by atoms with E-state index in [-0.39, 0.29) is 24.5 Å². The van der Waals surface area contributed by atoms with E-state index in [9.17, 15) is 14.4 Å². The number of fused-ring (bicyclic) bond motifs is 3. The van der Waals surface area contributed by atoms with E-state index in [1.807, 2.05) is 36.4 Å². The van der Waals surface area contributed by atoms with Crippen molar-refractivity contribution in [3.63, 3.8) is 0 Å². The van der Waals surface area contributed by atoms with Crippen LogP contribution in [0.25, 0.3) is 11.1 Å². The number of anilines is 1. The summed E-state index contributed by atoms with van der Waals surface area (Å²) in [5.74, 6) is -1.45. The number of nitrogens with one attached hydrogen (secondary N) is 2. The lowest BCUT2D eigenvalue weighted by Crippen LogP contribution is -2.38. The van der Waals surface area contributed by atoms with E-state index in [1.54, 1.807) is 24.3 Å². The second-order valence-electron chi connectivity index (χ2n) is 8.80. The van der Waals surface area contributed by atoms with E-state index in [0.29, 0.717) is 18.5 Å². The molecule has 0 spiro atoms. The van der Waals surface area contributed by atoms with Gasteiger partial charge in [0.25, 0.3) is 5.91 Å². The van der Waals surface area contributed by atoms with Gasteiger partial charge in [-0.3, -0.25) is 14.9 Å². The molecule has 3 aromatic rings. The van der Waals surface area contributed by atoms with Crippen molar-refractivity contribution in [1.29, 1.82) is 0 Å². The van der Waals surface area contributed by atoms with E-state index in [4.69, 9.17) is 9.84 Å². The van der Waals surface area contributed by atoms with Crippen LogP contribution in [0.5, 0.6) is 0 Å². The van der Waals surface area contributed by atoms with E-state index in [0.717, 1.165) is 22.3 Å². The Balaban J connectivity index is 1.27. The number of aliphatic carboxylic acids is 1. The molecule has 0 aliphatic heterocycles. The predicted octanol–water partition coefficient (Wildman–Crippen LogP) is 4.78. The first-order valence-corrected chi connectivity index (χ1v) is 11.2. The van der Waals surface area contributed by atoms with Gasteiger partial charge in [-0.2, -0.15) is 0 Å². The molecule has 0 heterocycles. The number of carbonyl (C=O) groups is 3. The first-order chi connectivity index (χ1) is 16.5. The molecule has 7 nitrogen and oxygen atoms in total. The van der Waals surface area contributed by atoms with Gasteiger partial charge in [-0.1, -0.05) is 60.7 Å². The predicted molar refractivity (Wildman–Crippen MR) is 127 cm³/mol. The zero-order valence-corrected chi connectivity index (χ0v) is 18.4. The number of carbonyl (C=O) groups excluding carboxylic acids is 2. The average molecular weight is 456 g/mol. The Hall–Kier alpha value is -4.13. The summed E-state index contributed by atoms with van der Waals surface area (Å²) in [6, 6.07) is 22.8. The third-order valence-corrected chi connectivity index (χ3v) is 6.47. The van der Waals surface area contributed by atoms with Gasteiger partial charge in [-0.15, -0.1) is 0 Å². The third kappa shape index (κ3) is 4.24. The van der Waals surface area contributed by atoms with Crippen LogP contribution in [0.4, 0.5) is 10.5 Å². The first-order valence-electron chi connectivity index (χ1n) is 11.2. The summed E-state index contributed by atoms with van der Waals surface area (Å²) >= 11 is 0. The molecule has 0 unspecified atom stereocenters. The number of para-hydroxylation sites is 1. The highest BCUT2D eigenvalue weighted by Gasteiger charge is 2.46. The molecule has 2 aliphatic rings. The number of carboxylic acids is 1. The fourth-order valence-corrected chi connectivity index (χ4v) is 4.63. The van der Waals surface area contributed by atoms with Crippen molar-refractivity contribution in [2.45, 2.75) is 30.7 Å². The monoisotopic (exact) mass is 456 g/mol. The van der Waals surface area contributed by atoms with Crippen molar-refractivity contribution in [3.05, 3.63) is 89.5 Å². The highest BCUT2D eigenvalue weighted by Crippen LogP contribution is 2.44. The third-order valence-electron chi connectivity index (χ3n) is 6.47. The fourth-order valence-electron chi connectivity index (χ4n) is 4.63. The van der Waals surface area contributed by atoms with E-state index in [2.05, 4.69) is 22.8 Å². The zero-order valence-electron chi connectivity index (χ0n) is 18.4. The maximum absolute atomic E-state index is 12.8. The van der Waals surface area contributed by atoms with Gasteiger partial charge in [0.2, 0.25) is 0 Å². The maximum Gasteiger partial charge on any atom is 0.411 e. The molecule has 0 radical (unpaired) electrons. The van der Waals surface area contributed by atoms with Gasteiger partial charge in [0.05, 0.1) is 23.2 Å². The number of hydrogen-bond acceptors (Lipinski definition) is 4. The maximum atomic E-state index is 12.8. The van der Waals surface area contributed by atoms with Crippen LogP contribution >= 0.6 is 0 Å². The highest BCUT2D eigenvalue weighted by molar-refractivity contribution is 6.03. The summed E-state index contributed by atoms with van der Waals surface area (Å²) in [7, 11) is 0. The minimum absolute atomic E-state index is 0.0672. The van der Waals surface area contributed by atoms with E-state index in [1.165, 1.54) is 0 Å². The number of hydrogen-bond donors (Lipinski definition) is 3. The van der Waals surface area contributed by atoms with Crippen molar-refractivity contribution >= 4 is 23.7 Å². The molecule has 0 aromatic heterocycles. The molecule has 5 rings (SSSR count). The summed E-state index contributed by atoms with van der Waals surface area (Å²) in [6.07, 6.45) is 0.453. The number of carboxylic acid groups (broad SMARTS) is 1. The molecule has 3 aromatic carbocycles. The van der Waals surface area contributed by atoms with Crippen molar-refractivity contribution < 1.29 is 24.2 Å². The normalized spacial score (nSPS) is 15.1. The molecule has 2 aliphatic carbocycles. The van der Waals surface area contributed by atoms with Gasteiger partial charge in [0, 0.05) is 5.92 Å². The number of benzene rings is 3. The average Bonchev–Trinajstić information content (AvgIpc) is 3.49. The lowest BCUT2D eigenvalue weighted by molar-refractivity contribution is -0.137. The Morgan fingerprint density at radius 3 is 2.09 bits per heavy atom. The van der Waals surface area contributed by atoms with Gasteiger partial charge in [0.15, 0.2) is 0 Å². The molecule has 0 saturated heterocycles. The molecule has 1 saturated carbocycles. The summed E-state index contributed by atoms with van der Waals surface area (Å²) < 4.78 is 5.58. The highest BCUT2D eigenvalue weighted by atomic mass is 16.5. The number of ether oxygens (including phenoxy) is 1. The SMILES string of the molecule is O=C(O)CC1(NC(=O)c2ccccc2NC(=O)OCC2c3ccccc3-c3ccccc32)CC1. The second-order valence-corrected chi connectivity index (χ2v) is 8.80. The second kappa shape index (κ2) is 8.67. The molecule has 0 bridgehead atoms. The summed E-state index contributed by atoms with van der Waals surface area (Å²) in [5, 5.41) is 14.6. The molecular weight excluding hydrogens is 432 g/mol. The minimum atomic E-state index is -0.956. The molecule has 172 valence electrons. The minimum Gasteiger partial charge on any atom is -0.481 e. The first kappa shape index (κ1) is 21.7.